The Kier molecular flexibility index (Phi) is 8.69. The molecule has 64 heavy (non-hydrogen) atoms. The van der Waals surface area contributed by atoms with Gasteiger partial charge in [0, 0.05) is 50.0 Å². The largest absolute Gasteiger partial charge is 0.311 e. The molecule has 2 aromatic heterocycles. The van der Waals surface area contributed by atoms with Crippen LogP contribution in [0.2, 0.25) is 0 Å². The number of aromatic nitrogens is 2. The summed E-state index contributed by atoms with van der Waals surface area (Å²) in [4.78, 5) is 2.42. The second kappa shape index (κ2) is 15.0. The van der Waals surface area contributed by atoms with Gasteiger partial charge in [-0.25, -0.2) is 0 Å². The molecule has 3 heteroatoms. The first kappa shape index (κ1) is 37.0. The van der Waals surface area contributed by atoms with Crippen molar-refractivity contribution in [2.75, 3.05) is 4.90 Å². The van der Waals surface area contributed by atoms with E-state index in [2.05, 4.69) is 232 Å². The first-order valence-electron chi connectivity index (χ1n) is 23.0. The molecule has 0 radical (unpaired) electrons. The molecule has 0 N–H and O–H groups in total. The minimum Gasteiger partial charge on any atom is -0.311 e. The molecule has 2 bridgehead atoms. The van der Waals surface area contributed by atoms with Crippen LogP contribution in [0.15, 0.2) is 218 Å². The van der Waals surface area contributed by atoms with Crippen molar-refractivity contribution in [1.82, 2.24) is 9.13 Å². The summed E-state index contributed by atoms with van der Waals surface area (Å²) in [6.07, 6.45) is 5.59. The van der Waals surface area contributed by atoms with Crippen molar-refractivity contribution >= 4 is 60.7 Å². The Bertz CT molecular complexity index is 3490. The third-order valence-electron chi connectivity index (χ3n) is 14.6. The quantitative estimate of drug-likeness (QED) is 0.149. The Balaban J connectivity index is 0.874. The normalized spacial score (nSPS) is 17.0. The summed E-state index contributed by atoms with van der Waals surface area (Å²) in [6, 6.07) is 80.7. The maximum Gasteiger partial charge on any atom is 0.0547 e. The standard InChI is InChI=1S/C61H47N3/c1-3-11-48(12-4-1)63-59-18-10-8-16-54(59)57-39-45(28-36-60(57)63)42-21-29-50(30-22-42)62(52-33-25-44(26-34-52)56-38-41-19-20-47(56)37-41)51-31-23-43(24-32-51)46-27-35-55-53-15-7-9-17-58(53)64(61(55)40-46)49-13-5-2-6-14-49/h1-18,21-36,39-41,47,56H,19-20,37-38H2. The van der Waals surface area contributed by atoms with Crippen molar-refractivity contribution in [3.8, 4) is 33.6 Å². The van der Waals surface area contributed by atoms with Crippen LogP contribution in [0.1, 0.15) is 37.2 Å². The van der Waals surface area contributed by atoms with Gasteiger partial charge in [-0.05, 0) is 156 Å². The molecule has 0 amide bonds. The van der Waals surface area contributed by atoms with E-state index in [0.29, 0.717) is 5.92 Å². The van der Waals surface area contributed by atoms with Gasteiger partial charge in [-0.2, -0.15) is 0 Å². The third kappa shape index (κ3) is 6.10. The monoisotopic (exact) mass is 821 g/mol. The highest BCUT2D eigenvalue weighted by Crippen LogP contribution is 2.53. The van der Waals surface area contributed by atoms with Crippen molar-refractivity contribution in [2.45, 2.75) is 31.6 Å². The lowest BCUT2D eigenvalue weighted by atomic mass is 9.83. The number of benzene rings is 9. The number of rotatable bonds is 8. The van der Waals surface area contributed by atoms with Crippen LogP contribution >= 0.6 is 0 Å². The van der Waals surface area contributed by atoms with Gasteiger partial charge in [-0.3, -0.25) is 0 Å². The van der Waals surface area contributed by atoms with Crippen LogP contribution in [0.4, 0.5) is 17.1 Å². The summed E-state index contributed by atoms with van der Waals surface area (Å²) >= 11 is 0. The van der Waals surface area contributed by atoms with Crippen LogP contribution in [-0.2, 0) is 0 Å². The SMILES string of the molecule is c1ccc(-n2c3ccccc3c3cc(-c4ccc(N(c5ccc(-c6ccc7c8ccccc8n(-c8ccccc8)c7c6)cc5)c5ccc(C6CC7CCC6C7)cc5)cc4)ccc32)cc1. The van der Waals surface area contributed by atoms with Crippen LogP contribution in [0.25, 0.3) is 77.2 Å². The van der Waals surface area contributed by atoms with E-state index in [-0.39, 0.29) is 0 Å². The molecule has 3 unspecified atom stereocenters. The fourth-order valence-corrected chi connectivity index (χ4v) is 11.6. The van der Waals surface area contributed by atoms with Crippen LogP contribution in [0, 0.1) is 11.8 Å². The van der Waals surface area contributed by atoms with Crippen LogP contribution < -0.4 is 4.90 Å². The molecule has 0 spiro atoms. The van der Waals surface area contributed by atoms with E-state index in [4.69, 9.17) is 0 Å². The van der Waals surface area contributed by atoms with Crippen molar-refractivity contribution in [3.05, 3.63) is 224 Å². The summed E-state index contributed by atoms with van der Waals surface area (Å²) in [5.41, 5.74) is 17.0. The number of anilines is 3. The summed E-state index contributed by atoms with van der Waals surface area (Å²) in [5.74, 6) is 2.49. The molecule has 0 saturated heterocycles. The lowest BCUT2D eigenvalue weighted by molar-refractivity contribution is 0.420. The Hall–Kier alpha value is -7.62. The van der Waals surface area contributed by atoms with Crippen molar-refractivity contribution in [1.29, 1.82) is 0 Å². The van der Waals surface area contributed by atoms with E-state index in [1.807, 2.05) is 0 Å². The highest BCUT2D eigenvalue weighted by atomic mass is 15.1. The van der Waals surface area contributed by atoms with Gasteiger partial charge in [-0.15, -0.1) is 0 Å². The molecule has 2 fully saturated rings. The van der Waals surface area contributed by atoms with Gasteiger partial charge < -0.3 is 14.0 Å². The molecule has 9 aromatic carbocycles. The minimum atomic E-state index is 0.705. The maximum absolute atomic E-state index is 2.42. The predicted octanol–water partition coefficient (Wildman–Crippen LogP) is 16.6. The molecule has 11 aromatic rings. The Labute approximate surface area is 374 Å². The fourth-order valence-electron chi connectivity index (χ4n) is 11.6. The first-order valence-corrected chi connectivity index (χ1v) is 23.0. The molecule has 2 aliphatic rings. The molecule has 2 aliphatic carbocycles. The average Bonchev–Trinajstić information content (AvgIpc) is 4.16. The van der Waals surface area contributed by atoms with Crippen LogP contribution in [0.3, 0.4) is 0 Å². The fraction of sp³-hybridized carbons (Fsp3) is 0.115. The summed E-state index contributed by atoms with van der Waals surface area (Å²) in [7, 11) is 0. The Morgan fingerprint density at radius 3 is 1.39 bits per heavy atom. The number of nitrogens with zero attached hydrogens (tertiary/aromatic N) is 3. The molecule has 2 saturated carbocycles. The summed E-state index contributed by atoms with van der Waals surface area (Å²) < 4.78 is 4.78. The van der Waals surface area contributed by atoms with Crippen molar-refractivity contribution in [3.63, 3.8) is 0 Å². The van der Waals surface area contributed by atoms with E-state index in [9.17, 15) is 0 Å². The zero-order chi connectivity index (χ0) is 42.1. The highest BCUT2D eigenvalue weighted by molar-refractivity contribution is 6.11. The average molecular weight is 822 g/mol. The zero-order valence-electron chi connectivity index (χ0n) is 35.7. The second-order valence-electron chi connectivity index (χ2n) is 18.1. The second-order valence-corrected chi connectivity index (χ2v) is 18.1. The molecule has 3 atom stereocenters. The molecule has 0 aliphatic heterocycles. The topological polar surface area (TPSA) is 13.1 Å². The van der Waals surface area contributed by atoms with Gasteiger partial charge in [-0.1, -0.05) is 134 Å². The van der Waals surface area contributed by atoms with Gasteiger partial charge in [0.2, 0.25) is 0 Å². The zero-order valence-corrected chi connectivity index (χ0v) is 35.7. The lowest BCUT2D eigenvalue weighted by Gasteiger charge is -2.27. The van der Waals surface area contributed by atoms with E-state index in [1.54, 1.807) is 0 Å². The smallest absolute Gasteiger partial charge is 0.0547 e. The lowest BCUT2D eigenvalue weighted by Crippen LogP contribution is -2.11. The maximum atomic E-state index is 2.42. The molecule has 13 rings (SSSR count). The van der Waals surface area contributed by atoms with E-state index < -0.39 is 0 Å². The summed E-state index contributed by atoms with van der Waals surface area (Å²) in [5, 5.41) is 5.07. The van der Waals surface area contributed by atoms with Gasteiger partial charge in [0.25, 0.3) is 0 Å². The highest BCUT2D eigenvalue weighted by Gasteiger charge is 2.40. The molecule has 2 heterocycles. The summed E-state index contributed by atoms with van der Waals surface area (Å²) in [6.45, 7) is 0. The van der Waals surface area contributed by atoms with Crippen molar-refractivity contribution < 1.29 is 0 Å². The molecule has 3 nitrogen and oxygen atoms in total. The molecule has 306 valence electrons. The third-order valence-corrected chi connectivity index (χ3v) is 14.6. The Morgan fingerprint density at radius 2 is 0.812 bits per heavy atom. The first-order chi connectivity index (χ1) is 31.7. The van der Waals surface area contributed by atoms with Gasteiger partial charge >= 0.3 is 0 Å². The minimum absolute atomic E-state index is 0.705. The van der Waals surface area contributed by atoms with Crippen LogP contribution in [0.5, 0.6) is 0 Å². The van der Waals surface area contributed by atoms with Crippen molar-refractivity contribution in [2.24, 2.45) is 11.8 Å². The number of para-hydroxylation sites is 4. The number of hydrogen-bond acceptors (Lipinski definition) is 1. The van der Waals surface area contributed by atoms with E-state index >= 15 is 0 Å². The predicted molar refractivity (Wildman–Crippen MR) is 269 cm³/mol. The molecular weight excluding hydrogens is 775 g/mol. The van der Waals surface area contributed by atoms with E-state index in [1.165, 1.54) is 114 Å². The molecular formula is C61H47N3. The Morgan fingerprint density at radius 1 is 0.344 bits per heavy atom. The number of fused-ring (bicyclic) bond motifs is 8. The van der Waals surface area contributed by atoms with E-state index in [0.717, 1.165) is 23.2 Å². The van der Waals surface area contributed by atoms with Gasteiger partial charge in [0.1, 0.15) is 0 Å². The van der Waals surface area contributed by atoms with Gasteiger partial charge in [0.05, 0.1) is 22.1 Å². The van der Waals surface area contributed by atoms with Gasteiger partial charge in [0.15, 0.2) is 0 Å². The number of hydrogen-bond donors (Lipinski definition) is 0. The van der Waals surface area contributed by atoms with Crippen LogP contribution in [-0.4, -0.2) is 9.13 Å².